The molecule has 1 aliphatic heterocycles. The first-order chi connectivity index (χ1) is 12.6. The van der Waals surface area contributed by atoms with Gasteiger partial charge in [0.05, 0.1) is 24.4 Å². The number of rotatable bonds is 6. The maximum atomic E-state index is 12.3. The zero-order valence-electron chi connectivity index (χ0n) is 15.1. The molecule has 5 nitrogen and oxygen atoms in total. The van der Waals surface area contributed by atoms with Crippen molar-refractivity contribution in [1.29, 1.82) is 0 Å². The molecule has 1 atom stereocenters. The average Bonchev–Trinajstić information content (AvgIpc) is 3.03. The zero-order chi connectivity index (χ0) is 18.7. The maximum absolute atomic E-state index is 12.3. The molecule has 0 radical (unpaired) electrons. The van der Waals surface area contributed by atoms with Crippen LogP contribution in [0.5, 0.6) is 5.75 Å². The Kier molecular flexibility index (Phi) is 5.16. The van der Waals surface area contributed by atoms with Crippen molar-refractivity contribution >= 4 is 23.1 Å². The first kappa shape index (κ1) is 17.9. The number of pyridine rings is 1. The van der Waals surface area contributed by atoms with Gasteiger partial charge in [0.25, 0.3) is 0 Å². The molecule has 1 aromatic carbocycles. The van der Waals surface area contributed by atoms with Crippen LogP contribution in [0.1, 0.15) is 37.1 Å². The highest BCUT2D eigenvalue weighted by atomic mass is 16.5. The lowest BCUT2D eigenvalue weighted by molar-refractivity contribution is -0.128. The molecule has 134 valence electrons. The van der Waals surface area contributed by atoms with Gasteiger partial charge in [-0.25, -0.2) is 0 Å². The molecular weight excluding hydrogens is 328 g/mol. The van der Waals surface area contributed by atoms with Crippen molar-refractivity contribution in [3.8, 4) is 5.75 Å². The highest BCUT2D eigenvalue weighted by molar-refractivity contribution is 5.88. The molecule has 2 heterocycles. The first-order valence-corrected chi connectivity index (χ1v) is 8.66. The van der Waals surface area contributed by atoms with E-state index in [1.54, 1.807) is 12.0 Å². The van der Waals surface area contributed by atoms with Crippen molar-refractivity contribution in [1.82, 2.24) is 9.88 Å². The predicted octanol–water partition coefficient (Wildman–Crippen LogP) is 3.74. The van der Waals surface area contributed by atoms with E-state index in [1.165, 1.54) is 6.08 Å². The van der Waals surface area contributed by atoms with E-state index < -0.39 is 0 Å². The van der Waals surface area contributed by atoms with E-state index in [4.69, 9.17) is 9.72 Å². The van der Waals surface area contributed by atoms with Gasteiger partial charge in [0.2, 0.25) is 5.91 Å². The van der Waals surface area contributed by atoms with Crippen LogP contribution in [-0.2, 0) is 16.1 Å². The van der Waals surface area contributed by atoms with Gasteiger partial charge < -0.3 is 9.64 Å². The van der Waals surface area contributed by atoms with E-state index in [9.17, 15) is 9.59 Å². The number of carbonyl (C=O) groups is 2. The van der Waals surface area contributed by atoms with Gasteiger partial charge >= 0.3 is 0 Å². The topological polar surface area (TPSA) is 59.5 Å². The molecular formula is C21H22N2O3. The Balaban J connectivity index is 2.05. The molecule has 5 heteroatoms. The number of amides is 1. The monoisotopic (exact) mass is 350 g/mol. The molecule has 1 unspecified atom stereocenters. The van der Waals surface area contributed by atoms with Gasteiger partial charge in [-0.15, -0.1) is 0 Å². The summed E-state index contributed by atoms with van der Waals surface area (Å²) >= 11 is 0. The minimum Gasteiger partial charge on any atom is -0.497 e. The van der Waals surface area contributed by atoms with Crippen molar-refractivity contribution in [3.63, 3.8) is 0 Å². The van der Waals surface area contributed by atoms with Crippen LogP contribution < -0.4 is 4.74 Å². The third kappa shape index (κ3) is 3.25. The summed E-state index contributed by atoms with van der Waals surface area (Å²) in [6.07, 6.45) is 5.32. The van der Waals surface area contributed by atoms with Crippen molar-refractivity contribution in [2.24, 2.45) is 0 Å². The summed E-state index contributed by atoms with van der Waals surface area (Å²) in [7, 11) is 1.63. The van der Waals surface area contributed by atoms with E-state index >= 15 is 0 Å². The Morgan fingerprint density at radius 2 is 2.23 bits per heavy atom. The Morgan fingerprint density at radius 3 is 2.88 bits per heavy atom. The number of benzene rings is 1. The molecule has 3 rings (SSSR count). The Hall–Kier alpha value is -2.95. The second-order valence-electron chi connectivity index (χ2n) is 6.26. The van der Waals surface area contributed by atoms with Crippen molar-refractivity contribution in [2.75, 3.05) is 7.11 Å². The van der Waals surface area contributed by atoms with Crippen LogP contribution in [-0.4, -0.2) is 29.2 Å². The number of aromatic nitrogens is 1. The number of hydrogen-bond acceptors (Lipinski definition) is 4. The fourth-order valence-corrected chi connectivity index (χ4v) is 3.32. The van der Waals surface area contributed by atoms with Crippen LogP contribution >= 0.6 is 0 Å². The van der Waals surface area contributed by atoms with E-state index in [2.05, 4.69) is 12.6 Å². The molecule has 0 bridgehead atoms. The van der Waals surface area contributed by atoms with Crippen molar-refractivity contribution in [2.45, 2.75) is 32.4 Å². The predicted molar refractivity (Wildman–Crippen MR) is 101 cm³/mol. The smallest absolute Gasteiger partial charge is 0.246 e. The molecule has 1 amide bonds. The van der Waals surface area contributed by atoms with Crippen LogP contribution in [0, 0.1) is 0 Å². The number of methoxy groups -OCH3 is 1. The maximum Gasteiger partial charge on any atom is 0.246 e. The van der Waals surface area contributed by atoms with E-state index in [0.29, 0.717) is 19.4 Å². The minimum atomic E-state index is -0.191. The highest BCUT2D eigenvalue weighted by Crippen LogP contribution is 2.37. The number of carbonyl (C=O) groups excluding carboxylic acids is 2. The number of aldehydes is 1. The highest BCUT2D eigenvalue weighted by Gasteiger charge is 2.33. The van der Waals surface area contributed by atoms with Crippen molar-refractivity contribution in [3.05, 3.63) is 59.8 Å². The van der Waals surface area contributed by atoms with Crippen LogP contribution in [0.4, 0.5) is 0 Å². The number of ether oxygens (including phenoxy) is 1. The van der Waals surface area contributed by atoms with Gasteiger partial charge in [-0.05, 0) is 54.3 Å². The van der Waals surface area contributed by atoms with Gasteiger partial charge in [0, 0.05) is 11.9 Å². The minimum absolute atomic E-state index is 0.132. The van der Waals surface area contributed by atoms with E-state index in [-0.39, 0.29) is 11.9 Å². The Bertz CT molecular complexity index is 902. The van der Waals surface area contributed by atoms with Gasteiger partial charge in [-0.1, -0.05) is 19.6 Å². The number of allylic oxidation sites excluding steroid dienone is 1. The van der Waals surface area contributed by atoms with Crippen molar-refractivity contribution < 1.29 is 14.3 Å². The molecule has 0 spiro atoms. The molecule has 0 N–H and O–H groups in total. The second-order valence-corrected chi connectivity index (χ2v) is 6.26. The molecule has 0 saturated carbocycles. The molecule has 0 fully saturated rings. The van der Waals surface area contributed by atoms with Gasteiger partial charge in [-0.2, -0.15) is 0 Å². The lowest BCUT2D eigenvalue weighted by atomic mass is 10.0. The average molecular weight is 350 g/mol. The second kappa shape index (κ2) is 7.52. The normalized spacial score (nSPS) is 16.5. The Morgan fingerprint density at radius 1 is 1.42 bits per heavy atom. The molecule has 0 saturated heterocycles. The zero-order valence-corrected chi connectivity index (χ0v) is 15.1. The van der Waals surface area contributed by atoms with E-state index in [1.807, 2.05) is 31.2 Å². The number of hydrogen-bond donors (Lipinski definition) is 0. The molecule has 2 aromatic rings. The first-order valence-electron chi connectivity index (χ1n) is 8.66. The summed E-state index contributed by atoms with van der Waals surface area (Å²) in [5, 5.41) is 0.979. The van der Waals surface area contributed by atoms with Crippen LogP contribution in [0.3, 0.4) is 0 Å². The summed E-state index contributed by atoms with van der Waals surface area (Å²) in [4.78, 5) is 30.0. The fourth-order valence-electron chi connectivity index (χ4n) is 3.32. The lowest BCUT2D eigenvalue weighted by Crippen LogP contribution is -2.27. The summed E-state index contributed by atoms with van der Waals surface area (Å²) in [5.41, 5.74) is 3.49. The SMILES string of the molecule is C=CC(=O)N1Cc2cc3cc(OC)ccc3nc2C1C/C=C(/C=O)CC. The summed E-state index contributed by atoms with van der Waals surface area (Å²) < 4.78 is 5.28. The molecule has 26 heavy (non-hydrogen) atoms. The Labute approximate surface area is 153 Å². The van der Waals surface area contributed by atoms with Crippen LogP contribution in [0.15, 0.2) is 48.6 Å². The quantitative estimate of drug-likeness (QED) is 0.588. The number of fused-ring (bicyclic) bond motifs is 2. The van der Waals surface area contributed by atoms with Gasteiger partial charge in [0.1, 0.15) is 12.0 Å². The van der Waals surface area contributed by atoms with E-state index in [0.717, 1.165) is 39.8 Å². The molecule has 1 aliphatic rings. The van der Waals surface area contributed by atoms with Crippen LogP contribution in [0.25, 0.3) is 10.9 Å². The number of nitrogens with zero attached hydrogens (tertiary/aromatic N) is 2. The van der Waals surface area contributed by atoms with Crippen LogP contribution in [0.2, 0.25) is 0 Å². The third-order valence-corrected chi connectivity index (χ3v) is 4.79. The van der Waals surface area contributed by atoms with Gasteiger partial charge in [0.15, 0.2) is 0 Å². The molecule has 1 aromatic heterocycles. The third-order valence-electron chi connectivity index (χ3n) is 4.79. The lowest BCUT2D eigenvalue weighted by Gasteiger charge is -2.22. The largest absolute Gasteiger partial charge is 0.497 e. The molecule has 0 aliphatic carbocycles. The summed E-state index contributed by atoms with van der Waals surface area (Å²) in [5.74, 6) is 0.640. The van der Waals surface area contributed by atoms with Gasteiger partial charge in [-0.3, -0.25) is 14.6 Å². The summed E-state index contributed by atoms with van der Waals surface area (Å²) in [6, 6.07) is 7.61. The summed E-state index contributed by atoms with van der Waals surface area (Å²) in [6.45, 7) is 6.03. The fraction of sp³-hybridized carbons (Fsp3) is 0.286. The standard InChI is InChI=1S/C21H22N2O3/c1-4-14(13-24)6-9-19-21-16(12-23(19)20(25)5-2)10-15-11-17(26-3)7-8-18(15)22-21/h5-8,10-11,13,19H,2,4,9,12H2,1,3H3/b14-6+.